The highest BCUT2D eigenvalue weighted by molar-refractivity contribution is 8.00. The first-order valence-electron chi connectivity index (χ1n) is 7.88. The Balaban J connectivity index is 1.59. The lowest BCUT2D eigenvalue weighted by Gasteiger charge is -2.28. The van der Waals surface area contributed by atoms with Crippen molar-refractivity contribution in [3.63, 3.8) is 0 Å². The van der Waals surface area contributed by atoms with Gasteiger partial charge in [0.1, 0.15) is 15.9 Å². The maximum atomic E-state index is 14.0. The van der Waals surface area contributed by atoms with Crippen molar-refractivity contribution < 1.29 is 13.9 Å². The first-order chi connectivity index (χ1) is 12.2. The molecule has 1 aliphatic rings. The molecule has 25 heavy (non-hydrogen) atoms. The van der Waals surface area contributed by atoms with Gasteiger partial charge in [0.25, 0.3) is 0 Å². The molecule has 0 fully saturated rings. The van der Waals surface area contributed by atoms with Crippen molar-refractivity contribution in [1.82, 2.24) is 4.98 Å². The molecular weight excluding hydrogens is 357 g/mol. The van der Waals surface area contributed by atoms with Gasteiger partial charge in [0.05, 0.1) is 6.61 Å². The second-order valence-corrected chi connectivity index (χ2v) is 7.85. The Morgan fingerprint density at radius 1 is 1.28 bits per heavy atom. The Morgan fingerprint density at radius 3 is 2.88 bits per heavy atom. The quantitative estimate of drug-likeness (QED) is 0.566. The summed E-state index contributed by atoms with van der Waals surface area (Å²) >= 11 is 3.19. The minimum Gasteiger partial charge on any atom is -0.460 e. The predicted molar refractivity (Wildman–Crippen MR) is 97.4 cm³/mol. The molecule has 1 aromatic heterocycles. The maximum absolute atomic E-state index is 14.0. The van der Waals surface area contributed by atoms with E-state index in [2.05, 4.69) is 4.98 Å². The number of hydrogen-bond acceptors (Lipinski definition) is 5. The number of benzene rings is 2. The fraction of sp³-hybridized carbons (Fsp3) is 0.211. The van der Waals surface area contributed by atoms with Gasteiger partial charge < -0.3 is 9.47 Å². The Kier molecular flexibility index (Phi) is 4.74. The Bertz CT molecular complexity index is 882. The topological polar surface area (TPSA) is 31.4 Å². The molecule has 0 spiro atoms. The zero-order valence-corrected chi connectivity index (χ0v) is 15.2. The number of rotatable bonds is 4. The molecule has 128 valence electrons. The van der Waals surface area contributed by atoms with Crippen molar-refractivity contribution in [3.8, 4) is 5.75 Å². The van der Waals surface area contributed by atoms with Crippen molar-refractivity contribution in [2.24, 2.45) is 0 Å². The van der Waals surface area contributed by atoms with Gasteiger partial charge in [-0.3, -0.25) is 0 Å². The van der Waals surface area contributed by atoms with Crippen molar-refractivity contribution >= 4 is 23.1 Å². The van der Waals surface area contributed by atoms with Gasteiger partial charge >= 0.3 is 0 Å². The average molecular weight is 373 g/mol. The van der Waals surface area contributed by atoms with Crippen LogP contribution in [0, 0.1) is 12.7 Å². The number of fused-ring (bicyclic) bond motifs is 1. The summed E-state index contributed by atoms with van der Waals surface area (Å²) in [5.74, 6) is 1.06. The molecule has 0 aliphatic carbocycles. The number of halogens is 1. The van der Waals surface area contributed by atoms with Crippen molar-refractivity contribution in [2.45, 2.75) is 29.9 Å². The Hall–Kier alpha value is -1.89. The zero-order chi connectivity index (χ0) is 17.2. The van der Waals surface area contributed by atoms with Crippen LogP contribution >= 0.6 is 23.1 Å². The molecular formula is C19H16FNO2S2. The van der Waals surface area contributed by atoms with Gasteiger partial charge in [0.2, 0.25) is 6.29 Å². The van der Waals surface area contributed by atoms with E-state index in [1.807, 2.05) is 42.6 Å². The van der Waals surface area contributed by atoms with Crippen molar-refractivity contribution in [3.05, 3.63) is 76.0 Å². The van der Waals surface area contributed by atoms with Gasteiger partial charge in [0.15, 0.2) is 0 Å². The maximum Gasteiger partial charge on any atom is 0.227 e. The number of hydrogen-bond donors (Lipinski definition) is 0. The monoisotopic (exact) mass is 373 g/mol. The first-order valence-corrected chi connectivity index (χ1v) is 9.75. The fourth-order valence-electron chi connectivity index (χ4n) is 2.70. The van der Waals surface area contributed by atoms with Crippen LogP contribution in [0.4, 0.5) is 4.39 Å². The van der Waals surface area contributed by atoms with Gasteiger partial charge in [-0.2, -0.15) is 0 Å². The number of aromatic nitrogens is 1. The molecule has 0 saturated carbocycles. The van der Waals surface area contributed by atoms with Crippen LogP contribution in [0.3, 0.4) is 0 Å². The summed E-state index contributed by atoms with van der Waals surface area (Å²) in [6.07, 6.45) is -0.468. The highest BCUT2D eigenvalue weighted by atomic mass is 32.2. The Morgan fingerprint density at radius 2 is 2.12 bits per heavy atom. The highest BCUT2D eigenvalue weighted by Gasteiger charge is 2.25. The van der Waals surface area contributed by atoms with Crippen LogP contribution in [0.1, 0.15) is 28.7 Å². The summed E-state index contributed by atoms with van der Waals surface area (Å²) in [4.78, 5) is 4.45. The second kappa shape index (κ2) is 7.15. The lowest BCUT2D eigenvalue weighted by atomic mass is 10.1. The molecule has 0 bridgehead atoms. The summed E-state index contributed by atoms with van der Waals surface area (Å²) in [7, 11) is 0. The number of aryl methyl sites for hydroxylation is 1. The molecule has 6 heteroatoms. The van der Waals surface area contributed by atoms with Crippen LogP contribution in [0.15, 0.2) is 52.2 Å². The molecule has 0 N–H and O–H groups in total. The largest absolute Gasteiger partial charge is 0.460 e. The van der Waals surface area contributed by atoms with Gasteiger partial charge in [-0.05, 0) is 19.1 Å². The smallest absolute Gasteiger partial charge is 0.227 e. The van der Waals surface area contributed by atoms with E-state index in [-0.39, 0.29) is 5.82 Å². The van der Waals surface area contributed by atoms with Gasteiger partial charge in [-0.25, -0.2) is 9.37 Å². The van der Waals surface area contributed by atoms with Gasteiger partial charge in [0, 0.05) is 33.5 Å². The van der Waals surface area contributed by atoms with Crippen LogP contribution < -0.4 is 4.74 Å². The van der Waals surface area contributed by atoms with E-state index >= 15 is 0 Å². The van der Waals surface area contributed by atoms with E-state index in [0.717, 1.165) is 32.5 Å². The van der Waals surface area contributed by atoms with E-state index in [0.29, 0.717) is 12.4 Å². The van der Waals surface area contributed by atoms with E-state index in [1.165, 1.54) is 6.07 Å². The molecule has 1 aliphatic heterocycles. The highest BCUT2D eigenvalue weighted by Crippen LogP contribution is 2.39. The van der Waals surface area contributed by atoms with Crippen LogP contribution in [0.2, 0.25) is 0 Å². The summed E-state index contributed by atoms with van der Waals surface area (Å²) in [6.45, 7) is 2.30. The normalized spacial score (nSPS) is 16.3. The summed E-state index contributed by atoms with van der Waals surface area (Å²) in [5.41, 5.74) is 3.53. The van der Waals surface area contributed by atoms with E-state index in [9.17, 15) is 4.39 Å². The number of thioether (sulfide) groups is 1. The summed E-state index contributed by atoms with van der Waals surface area (Å²) in [5, 5.41) is 2.01. The Labute approximate surface area is 153 Å². The number of ether oxygens (including phenoxy) is 2. The molecule has 3 nitrogen and oxygen atoms in total. The third-order valence-electron chi connectivity index (χ3n) is 3.84. The van der Waals surface area contributed by atoms with Crippen molar-refractivity contribution in [2.75, 3.05) is 0 Å². The van der Waals surface area contributed by atoms with E-state index in [4.69, 9.17) is 9.47 Å². The predicted octanol–water partition coefficient (Wildman–Crippen LogP) is 5.49. The molecule has 0 radical (unpaired) electrons. The summed E-state index contributed by atoms with van der Waals surface area (Å²) < 4.78 is 26.8. The van der Waals surface area contributed by atoms with Gasteiger partial charge in [-0.1, -0.05) is 42.1 Å². The molecule has 2 heterocycles. The third kappa shape index (κ3) is 3.71. The fourth-order valence-corrected chi connectivity index (χ4v) is 4.51. The van der Waals surface area contributed by atoms with Crippen LogP contribution in [0.25, 0.3) is 0 Å². The molecule has 1 unspecified atom stereocenters. The molecule has 4 rings (SSSR count). The summed E-state index contributed by atoms with van der Waals surface area (Å²) in [6, 6.07) is 12.8. The van der Waals surface area contributed by atoms with Crippen LogP contribution in [-0.2, 0) is 17.1 Å². The van der Waals surface area contributed by atoms with Crippen LogP contribution in [-0.4, -0.2) is 4.98 Å². The number of nitrogens with zero attached hydrogens (tertiary/aromatic N) is 1. The standard InChI is InChI=1S/C19H16FNO2S2/c1-12-10-24-19(21-12)25-11-15-8-16(20)7-14-9-22-18(23-17(14)15)13-5-3-2-4-6-13/h2-8,10,18H,9,11H2,1H3. The molecule has 3 aromatic rings. The lowest BCUT2D eigenvalue weighted by molar-refractivity contribution is -0.112. The zero-order valence-electron chi connectivity index (χ0n) is 13.6. The van der Waals surface area contributed by atoms with Crippen molar-refractivity contribution in [1.29, 1.82) is 0 Å². The SMILES string of the molecule is Cc1csc(SCc2cc(F)cc3c2OC(c2ccccc2)OC3)n1. The molecule has 1 atom stereocenters. The first kappa shape index (κ1) is 16.6. The minimum atomic E-state index is -0.468. The second-order valence-electron chi connectivity index (χ2n) is 5.77. The van der Waals surface area contributed by atoms with E-state index in [1.54, 1.807) is 29.2 Å². The molecule has 0 saturated heterocycles. The van der Waals surface area contributed by atoms with Crippen LogP contribution in [0.5, 0.6) is 5.75 Å². The average Bonchev–Trinajstić information content (AvgIpc) is 3.05. The van der Waals surface area contributed by atoms with E-state index < -0.39 is 6.29 Å². The minimum absolute atomic E-state index is 0.268. The third-order valence-corrected chi connectivity index (χ3v) is 6.03. The number of thiazole rings is 1. The molecule has 2 aromatic carbocycles. The molecule has 0 amide bonds. The van der Waals surface area contributed by atoms with Gasteiger partial charge in [-0.15, -0.1) is 11.3 Å². The lowest BCUT2D eigenvalue weighted by Crippen LogP contribution is -2.19.